The summed E-state index contributed by atoms with van der Waals surface area (Å²) in [5.74, 6) is -1.10. The van der Waals surface area contributed by atoms with Crippen LogP contribution >= 0.6 is 11.6 Å². The Balaban J connectivity index is 2.85. The van der Waals surface area contributed by atoms with Crippen molar-refractivity contribution < 1.29 is 9.18 Å². The predicted molar refractivity (Wildman–Crippen MR) is 52.3 cm³/mol. The third-order valence-electron chi connectivity index (χ3n) is 1.81. The van der Waals surface area contributed by atoms with E-state index in [0.29, 0.717) is 10.6 Å². The Hall–Kier alpha value is -1.13. The van der Waals surface area contributed by atoms with Crippen LogP contribution in [0.5, 0.6) is 0 Å². The van der Waals surface area contributed by atoms with Crippen LogP contribution in [0.2, 0.25) is 5.02 Å². The van der Waals surface area contributed by atoms with E-state index in [2.05, 4.69) is 0 Å². The maximum absolute atomic E-state index is 13.1. The van der Waals surface area contributed by atoms with Crippen LogP contribution in [0.25, 0.3) is 0 Å². The minimum atomic E-state index is -0.886. The van der Waals surface area contributed by atoms with E-state index < -0.39 is 17.8 Å². The summed E-state index contributed by atoms with van der Waals surface area (Å²) in [7, 11) is 0. The number of carbonyl (C=O) groups is 1. The summed E-state index contributed by atoms with van der Waals surface area (Å²) < 4.78 is 13.1. The quantitative estimate of drug-likeness (QED) is 0.786. The van der Waals surface area contributed by atoms with Crippen LogP contribution in [0.1, 0.15) is 5.56 Å². The standard InChI is InChI=1S/C9H10ClFN2O/c10-6-1-2-7(11)5(3-6)4-8(12)9(13)14/h1-3,8H,4,12H2,(H2,13,14). The highest BCUT2D eigenvalue weighted by molar-refractivity contribution is 6.30. The number of hydrogen-bond donors (Lipinski definition) is 2. The molecule has 0 heterocycles. The molecule has 0 spiro atoms. The van der Waals surface area contributed by atoms with Gasteiger partial charge in [0.25, 0.3) is 0 Å². The molecular weight excluding hydrogens is 207 g/mol. The van der Waals surface area contributed by atoms with Crippen LogP contribution in [0.15, 0.2) is 18.2 Å². The minimum absolute atomic E-state index is 0.0573. The average Bonchev–Trinajstić information content (AvgIpc) is 2.11. The van der Waals surface area contributed by atoms with Gasteiger partial charge in [0.15, 0.2) is 0 Å². The SMILES string of the molecule is NC(=O)C(N)Cc1cc(Cl)ccc1F. The molecule has 1 rings (SSSR count). The molecule has 3 nitrogen and oxygen atoms in total. The summed E-state index contributed by atoms with van der Waals surface area (Å²) >= 11 is 5.66. The van der Waals surface area contributed by atoms with Gasteiger partial charge in [-0.1, -0.05) is 11.6 Å². The summed E-state index contributed by atoms with van der Waals surface area (Å²) in [6.07, 6.45) is 0.0573. The minimum Gasteiger partial charge on any atom is -0.368 e. The van der Waals surface area contributed by atoms with E-state index in [1.807, 2.05) is 0 Å². The van der Waals surface area contributed by atoms with Crippen LogP contribution in [0.3, 0.4) is 0 Å². The number of benzene rings is 1. The van der Waals surface area contributed by atoms with Crippen molar-refractivity contribution in [1.29, 1.82) is 0 Å². The van der Waals surface area contributed by atoms with Gasteiger partial charge in [0.1, 0.15) is 5.82 Å². The van der Waals surface area contributed by atoms with Crippen LogP contribution in [-0.4, -0.2) is 11.9 Å². The Labute approximate surface area is 85.8 Å². The summed E-state index contributed by atoms with van der Waals surface area (Å²) in [5.41, 5.74) is 10.6. The molecule has 76 valence electrons. The lowest BCUT2D eigenvalue weighted by atomic mass is 10.1. The van der Waals surface area contributed by atoms with Gasteiger partial charge in [0.05, 0.1) is 6.04 Å². The van der Waals surface area contributed by atoms with Gasteiger partial charge in [0, 0.05) is 5.02 Å². The first-order valence-corrected chi connectivity index (χ1v) is 4.37. The molecule has 0 fully saturated rings. The summed E-state index contributed by atoms with van der Waals surface area (Å²) in [6.45, 7) is 0. The van der Waals surface area contributed by atoms with Crippen LogP contribution in [0, 0.1) is 5.82 Å². The molecule has 0 saturated heterocycles. The van der Waals surface area contributed by atoms with E-state index in [-0.39, 0.29) is 6.42 Å². The smallest absolute Gasteiger partial charge is 0.234 e. The number of carbonyl (C=O) groups excluding carboxylic acids is 1. The molecule has 1 aromatic carbocycles. The first kappa shape index (κ1) is 10.9. The molecule has 0 aliphatic heterocycles. The molecular formula is C9H10ClFN2O. The first-order chi connectivity index (χ1) is 6.50. The lowest BCUT2D eigenvalue weighted by molar-refractivity contribution is -0.119. The molecule has 0 radical (unpaired) electrons. The summed E-state index contributed by atoms with van der Waals surface area (Å²) in [5, 5.41) is 0.401. The van der Waals surface area contributed by atoms with Crippen molar-refractivity contribution in [3.8, 4) is 0 Å². The Morgan fingerprint density at radius 3 is 2.79 bits per heavy atom. The zero-order valence-corrected chi connectivity index (χ0v) is 8.09. The summed E-state index contributed by atoms with van der Waals surface area (Å²) in [6, 6.07) is 3.20. The third-order valence-corrected chi connectivity index (χ3v) is 2.05. The molecule has 0 bridgehead atoms. The number of primary amides is 1. The molecule has 4 N–H and O–H groups in total. The Morgan fingerprint density at radius 2 is 2.21 bits per heavy atom. The molecule has 1 atom stereocenters. The predicted octanol–water partition coefficient (Wildman–Crippen LogP) is 0.834. The van der Waals surface area contributed by atoms with E-state index in [1.165, 1.54) is 18.2 Å². The second-order valence-corrected chi connectivity index (χ2v) is 3.39. The Kier molecular flexibility index (Phi) is 3.43. The normalized spacial score (nSPS) is 12.5. The van der Waals surface area contributed by atoms with Gasteiger partial charge in [-0.05, 0) is 30.2 Å². The number of amides is 1. The second kappa shape index (κ2) is 4.39. The van der Waals surface area contributed by atoms with Crippen molar-refractivity contribution in [3.63, 3.8) is 0 Å². The number of hydrogen-bond acceptors (Lipinski definition) is 2. The molecule has 5 heteroatoms. The molecule has 0 saturated carbocycles. The lowest BCUT2D eigenvalue weighted by Crippen LogP contribution is -2.38. The van der Waals surface area contributed by atoms with Crippen molar-refractivity contribution in [2.45, 2.75) is 12.5 Å². The van der Waals surface area contributed by atoms with Crippen LogP contribution in [0.4, 0.5) is 4.39 Å². The molecule has 0 aromatic heterocycles. The van der Waals surface area contributed by atoms with Crippen LogP contribution < -0.4 is 11.5 Å². The largest absolute Gasteiger partial charge is 0.368 e. The average molecular weight is 217 g/mol. The zero-order valence-electron chi connectivity index (χ0n) is 7.34. The third kappa shape index (κ3) is 2.68. The van der Waals surface area contributed by atoms with Gasteiger partial charge >= 0.3 is 0 Å². The van der Waals surface area contributed by atoms with E-state index in [4.69, 9.17) is 23.1 Å². The zero-order chi connectivity index (χ0) is 10.7. The van der Waals surface area contributed by atoms with E-state index in [9.17, 15) is 9.18 Å². The van der Waals surface area contributed by atoms with Crippen molar-refractivity contribution in [2.24, 2.45) is 11.5 Å². The number of nitrogens with two attached hydrogens (primary N) is 2. The van der Waals surface area contributed by atoms with E-state index in [0.717, 1.165) is 0 Å². The van der Waals surface area contributed by atoms with Crippen molar-refractivity contribution in [2.75, 3.05) is 0 Å². The summed E-state index contributed by atoms with van der Waals surface area (Å²) in [4.78, 5) is 10.6. The highest BCUT2D eigenvalue weighted by Gasteiger charge is 2.13. The molecule has 1 unspecified atom stereocenters. The van der Waals surface area contributed by atoms with E-state index >= 15 is 0 Å². The first-order valence-electron chi connectivity index (χ1n) is 3.99. The molecule has 0 aliphatic carbocycles. The fourth-order valence-corrected chi connectivity index (χ4v) is 1.23. The Morgan fingerprint density at radius 1 is 1.57 bits per heavy atom. The number of halogens is 2. The maximum Gasteiger partial charge on any atom is 0.234 e. The highest BCUT2D eigenvalue weighted by Crippen LogP contribution is 2.15. The van der Waals surface area contributed by atoms with Gasteiger partial charge in [-0.2, -0.15) is 0 Å². The molecule has 0 aliphatic rings. The number of rotatable bonds is 3. The maximum atomic E-state index is 13.1. The lowest BCUT2D eigenvalue weighted by Gasteiger charge is -2.08. The topological polar surface area (TPSA) is 69.1 Å². The molecule has 14 heavy (non-hydrogen) atoms. The fourth-order valence-electron chi connectivity index (χ4n) is 1.04. The highest BCUT2D eigenvalue weighted by atomic mass is 35.5. The second-order valence-electron chi connectivity index (χ2n) is 2.95. The molecule has 1 amide bonds. The van der Waals surface area contributed by atoms with Gasteiger partial charge in [-0.15, -0.1) is 0 Å². The fraction of sp³-hybridized carbons (Fsp3) is 0.222. The van der Waals surface area contributed by atoms with Crippen molar-refractivity contribution in [1.82, 2.24) is 0 Å². The van der Waals surface area contributed by atoms with Gasteiger partial charge in [-0.25, -0.2) is 4.39 Å². The van der Waals surface area contributed by atoms with Gasteiger partial charge in [-0.3, -0.25) is 4.79 Å². The van der Waals surface area contributed by atoms with Crippen molar-refractivity contribution in [3.05, 3.63) is 34.6 Å². The monoisotopic (exact) mass is 216 g/mol. The molecule has 1 aromatic rings. The van der Waals surface area contributed by atoms with Gasteiger partial charge in [0.2, 0.25) is 5.91 Å². The van der Waals surface area contributed by atoms with Crippen LogP contribution in [-0.2, 0) is 11.2 Å². The van der Waals surface area contributed by atoms with E-state index in [1.54, 1.807) is 0 Å². The van der Waals surface area contributed by atoms with Gasteiger partial charge < -0.3 is 11.5 Å². The van der Waals surface area contributed by atoms with Crippen molar-refractivity contribution >= 4 is 17.5 Å². The Bertz CT molecular complexity index is 357.